The van der Waals surface area contributed by atoms with Crippen molar-refractivity contribution in [3.63, 3.8) is 0 Å². The number of sulfonamides is 1. The van der Waals surface area contributed by atoms with Crippen LogP contribution in [0.5, 0.6) is 0 Å². The number of hydrogen-bond acceptors (Lipinski definition) is 3. The SMILES string of the molecule is CCC(CC)NS(=O)(=O)c1cnc(Cl)[nH]1. The van der Waals surface area contributed by atoms with Crippen molar-refractivity contribution in [2.75, 3.05) is 0 Å². The first kappa shape index (κ1) is 12.5. The molecule has 7 heteroatoms. The minimum absolute atomic E-state index is 0.000556. The number of imidazole rings is 1. The zero-order chi connectivity index (χ0) is 11.5. The van der Waals surface area contributed by atoms with Crippen LogP contribution in [0.15, 0.2) is 11.2 Å². The molecule has 0 radical (unpaired) electrons. The van der Waals surface area contributed by atoms with Gasteiger partial charge in [0.2, 0.25) is 5.28 Å². The van der Waals surface area contributed by atoms with E-state index in [0.29, 0.717) is 0 Å². The van der Waals surface area contributed by atoms with Gasteiger partial charge in [0.1, 0.15) is 0 Å². The zero-order valence-corrected chi connectivity index (χ0v) is 10.2. The Bertz CT molecular complexity index is 411. The van der Waals surface area contributed by atoms with Crippen molar-refractivity contribution >= 4 is 21.6 Å². The summed E-state index contributed by atoms with van der Waals surface area (Å²) in [5.74, 6) is 0. The Morgan fingerprint density at radius 2 is 2.13 bits per heavy atom. The molecule has 1 aromatic heterocycles. The molecule has 0 atom stereocenters. The standard InChI is InChI=1S/C8H14ClN3O2S/c1-3-6(4-2)12-15(13,14)7-5-10-8(9)11-7/h5-6,12H,3-4H2,1-2H3,(H,10,11). The van der Waals surface area contributed by atoms with Crippen LogP contribution in [0.2, 0.25) is 5.28 Å². The fraction of sp³-hybridized carbons (Fsp3) is 0.625. The lowest BCUT2D eigenvalue weighted by molar-refractivity contribution is 0.528. The van der Waals surface area contributed by atoms with E-state index in [1.165, 1.54) is 6.20 Å². The number of nitrogens with one attached hydrogen (secondary N) is 2. The third-order valence-corrected chi connectivity index (χ3v) is 3.74. The van der Waals surface area contributed by atoms with E-state index < -0.39 is 10.0 Å². The number of halogens is 1. The summed E-state index contributed by atoms with van der Waals surface area (Å²) in [7, 11) is -3.52. The van der Waals surface area contributed by atoms with E-state index in [0.717, 1.165) is 12.8 Å². The molecule has 1 heterocycles. The summed E-state index contributed by atoms with van der Waals surface area (Å²) < 4.78 is 26.0. The summed E-state index contributed by atoms with van der Waals surface area (Å²) in [6, 6.07) is -0.0583. The monoisotopic (exact) mass is 251 g/mol. The number of hydrogen-bond donors (Lipinski definition) is 2. The molecule has 0 amide bonds. The third-order valence-electron chi connectivity index (χ3n) is 2.12. The van der Waals surface area contributed by atoms with Crippen molar-refractivity contribution in [1.29, 1.82) is 0 Å². The van der Waals surface area contributed by atoms with E-state index in [1.807, 2.05) is 13.8 Å². The molecule has 0 spiro atoms. The van der Waals surface area contributed by atoms with Gasteiger partial charge in [-0.15, -0.1) is 0 Å². The van der Waals surface area contributed by atoms with Crippen molar-refractivity contribution in [1.82, 2.24) is 14.7 Å². The Morgan fingerprint density at radius 1 is 1.53 bits per heavy atom. The van der Waals surface area contributed by atoms with Gasteiger partial charge in [0.05, 0.1) is 6.20 Å². The average Bonchev–Trinajstić information content (AvgIpc) is 2.62. The molecule has 1 aromatic rings. The highest BCUT2D eigenvalue weighted by atomic mass is 35.5. The predicted molar refractivity (Wildman–Crippen MR) is 58.3 cm³/mol. The summed E-state index contributed by atoms with van der Waals surface area (Å²) >= 11 is 5.51. The van der Waals surface area contributed by atoms with Gasteiger partial charge in [-0.2, -0.15) is 0 Å². The van der Waals surface area contributed by atoms with Gasteiger partial charge in [-0.3, -0.25) is 0 Å². The number of nitrogens with zero attached hydrogens (tertiary/aromatic N) is 1. The predicted octanol–water partition coefficient (Wildman–Crippen LogP) is 1.53. The van der Waals surface area contributed by atoms with Gasteiger partial charge in [-0.1, -0.05) is 13.8 Å². The second-order valence-corrected chi connectivity index (χ2v) is 5.21. The Hall–Kier alpha value is -0.590. The van der Waals surface area contributed by atoms with E-state index >= 15 is 0 Å². The minimum Gasteiger partial charge on any atom is -0.319 e. The first-order valence-electron chi connectivity index (χ1n) is 4.72. The topological polar surface area (TPSA) is 74.8 Å². The Labute approximate surface area is 94.3 Å². The van der Waals surface area contributed by atoms with Crippen molar-refractivity contribution in [2.45, 2.75) is 37.8 Å². The molecule has 0 fully saturated rings. The van der Waals surface area contributed by atoms with E-state index in [2.05, 4.69) is 14.7 Å². The highest BCUT2D eigenvalue weighted by Gasteiger charge is 2.19. The molecule has 15 heavy (non-hydrogen) atoms. The van der Waals surface area contributed by atoms with E-state index in [4.69, 9.17) is 11.6 Å². The molecule has 0 aliphatic rings. The van der Waals surface area contributed by atoms with Crippen LogP contribution >= 0.6 is 11.6 Å². The molecule has 0 aromatic carbocycles. The van der Waals surface area contributed by atoms with Crippen molar-refractivity contribution in [3.8, 4) is 0 Å². The largest absolute Gasteiger partial charge is 0.319 e. The molecule has 0 bridgehead atoms. The molecule has 0 saturated carbocycles. The Kier molecular flexibility index (Phi) is 4.12. The summed E-state index contributed by atoms with van der Waals surface area (Å²) in [5.41, 5.74) is 0. The smallest absolute Gasteiger partial charge is 0.257 e. The second-order valence-electron chi connectivity index (χ2n) is 3.17. The van der Waals surface area contributed by atoms with Crippen molar-refractivity contribution in [3.05, 3.63) is 11.5 Å². The van der Waals surface area contributed by atoms with Gasteiger partial charge in [0, 0.05) is 6.04 Å². The fourth-order valence-corrected chi connectivity index (χ4v) is 2.68. The van der Waals surface area contributed by atoms with Crippen LogP contribution in [0, 0.1) is 0 Å². The third kappa shape index (κ3) is 3.19. The molecule has 86 valence electrons. The molecule has 2 N–H and O–H groups in total. The first-order chi connectivity index (χ1) is 6.99. The zero-order valence-electron chi connectivity index (χ0n) is 8.62. The van der Waals surface area contributed by atoms with Crippen LogP contribution in [-0.2, 0) is 10.0 Å². The van der Waals surface area contributed by atoms with Gasteiger partial charge in [0.15, 0.2) is 5.03 Å². The molecule has 0 aliphatic carbocycles. The lowest BCUT2D eigenvalue weighted by Gasteiger charge is -2.13. The Morgan fingerprint density at radius 3 is 2.53 bits per heavy atom. The van der Waals surface area contributed by atoms with Crippen molar-refractivity contribution in [2.24, 2.45) is 0 Å². The maximum atomic E-state index is 11.7. The van der Waals surface area contributed by atoms with Crippen LogP contribution < -0.4 is 4.72 Å². The molecule has 0 saturated heterocycles. The van der Waals surface area contributed by atoms with Crippen molar-refractivity contribution < 1.29 is 8.42 Å². The van der Waals surface area contributed by atoms with E-state index in [1.54, 1.807) is 0 Å². The average molecular weight is 252 g/mol. The molecule has 0 aliphatic heterocycles. The quantitative estimate of drug-likeness (QED) is 0.833. The van der Waals surface area contributed by atoms with E-state index in [9.17, 15) is 8.42 Å². The molecular formula is C8H14ClN3O2S. The number of aromatic nitrogens is 2. The van der Waals surface area contributed by atoms with Gasteiger partial charge < -0.3 is 4.98 Å². The number of rotatable bonds is 5. The molecule has 5 nitrogen and oxygen atoms in total. The molecular weight excluding hydrogens is 238 g/mol. The van der Waals surface area contributed by atoms with Crippen LogP contribution in [0.3, 0.4) is 0 Å². The first-order valence-corrected chi connectivity index (χ1v) is 6.58. The minimum atomic E-state index is -3.52. The van der Waals surface area contributed by atoms with Crippen LogP contribution in [-0.4, -0.2) is 24.4 Å². The lowest BCUT2D eigenvalue weighted by atomic mass is 10.2. The highest BCUT2D eigenvalue weighted by Crippen LogP contribution is 2.10. The van der Waals surface area contributed by atoms with Gasteiger partial charge in [0.25, 0.3) is 10.0 Å². The maximum Gasteiger partial charge on any atom is 0.257 e. The normalized spacial score (nSPS) is 12.3. The van der Waals surface area contributed by atoms with Crippen LogP contribution in [0.1, 0.15) is 26.7 Å². The molecule has 0 unspecified atom stereocenters. The summed E-state index contributed by atoms with van der Waals surface area (Å²) in [4.78, 5) is 6.11. The van der Waals surface area contributed by atoms with E-state index in [-0.39, 0.29) is 16.4 Å². The number of H-pyrrole nitrogens is 1. The summed E-state index contributed by atoms with van der Waals surface area (Å²) in [6.07, 6.45) is 2.70. The molecule has 1 rings (SSSR count). The summed E-state index contributed by atoms with van der Waals surface area (Å²) in [6.45, 7) is 3.85. The van der Waals surface area contributed by atoms with Gasteiger partial charge >= 0.3 is 0 Å². The van der Waals surface area contributed by atoms with Crippen LogP contribution in [0.25, 0.3) is 0 Å². The number of aromatic amines is 1. The van der Waals surface area contributed by atoms with Crippen LogP contribution in [0.4, 0.5) is 0 Å². The Balaban J connectivity index is 2.84. The van der Waals surface area contributed by atoms with Gasteiger partial charge in [-0.05, 0) is 24.4 Å². The second kappa shape index (κ2) is 4.96. The summed E-state index contributed by atoms with van der Waals surface area (Å²) in [5, 5.41) is 0.0688. The maximum absolute atomic E-state index is 11.7. The lowest BCUT2D eigenvalue weighted by Crippen LogP contribution is -2.34. The van der Waals surface area contributed by atoms with Gasteiger partial charge in [-0.25, -0.2) is 18.1 Å². The highest BCUT2D eigenvalue weighted by molar-refractivity contribution is 7.89. The fourth-order valence-electron chi connectivity index (χ4n) is 1.16.